The maximum absolute atomic E-state index is 6.15. The van der Waals surface area contributed by atoms with Gasteiger partial charge < -0.3 is 15.0 Å². The maximum atomic E-state index is 6.15. The molecule has 4 heteroatoms. The lowest BCUT2D eigenvalue weighted by molar-refractivity contribution is 0.00578. The normalized spacial score (nSPS) is 17.8. The Morgan fingerprint density at radius 1 is 0.880 bits per heavy atom. The van der Waals surface area contributed by atoms with E-state index in [0.29, 0.717) is 0 Å². The van der Waals surface area contributed by atoms with Gasteiger partial charge in [0.15, 0.2) is 0 Å². The lowest BCUT2D eigenvalue weighted by Crippen LogP contribution is -2.41. The molecule has 3 rings (SSSR count). The zero-order valence-electron chi connectivity index (χ0n) is 16.5. The molecule has 0 spiro atoms. The van der Waals surface area contributed by atoms with Gasteiger partial charge in [-0.2, -0.15) is 0 Å². The van der Waals surface area contributed by atoms with Crippen molar-refractivity contribution in [1.82, 2.24) is 0 Å². The molecule has 0 aromatic heterocycles. The van der Waals surface area contributed by atoms with Gasteiger partial charge in [0.25, 0.3) is 0 Å². The summed E-state index contributed by atoms with van der Waals surface area (Å²) in [6.07, 6.45) is 0. The number of rotatable bonds is 2. The number of hydrogen-bond acceptors (Lipinski definition) is 3. The van der Waals surface area contributed by atoms with Gasteiger partial charge in [0.1, 0.15) is 0 Å². The van der Waals surface area contributed by atoms with Crippen LogP contribution in [-0.2, 0) is 9.31 Å². The van der Waals surface area contributed by atoms with Crippen molar-refractivity contribution < 1.29 is 9.31 Å². The second kappa shape index (κ2) is 7.23. The molecule has 3 nitrogen and oxygen atoms in total. The molecule has 1 heterocycles. The van der Waals surface area contributed by atoms with Gasteiger partial charge in [-0.1, -0.05) is 44.2 Å². The summed E-state index contributed by atoms with van der Waals surface area (Å²) in [4.78, 5) is 0. The van der Waals surface area contributed by atoms with E-state index in [2.05, 4.69) is 46.8 Å². The topological polar surface area (TPSA) is 44.5 Å². The van der Waals surface area contributed by atoms with Gasteiger partial charge >= 0.3 is 7.12 Å². The van der Waals surface area contributed by atoms with Crippen LogP contribution in [0.3, 0.4) is 0 Å². The van der Waals surface area contributed by atoms with E-state index in [4.69, 9.17) is 15.0 Å². The minimum Gasteiger partial charge on any atom is -0.399 e. The highest BCUT2D eigenvalue weighted by Crippen LogP contribution is 2.36. The fourth-order valence-corrected chi connectivity index (χ4v) is 2.78. The summed E-state index contributed by atoms with van der Waals surface area (Å²) in [7, 11) is -0.346. The first kappa shape index (κ1) is 19.5. The molecule has 25 heavy (non-hydrogen) atoms. The van der Waals surface area contributed by atoms with Crippen LogP contribution in [0.2, 0.25) is 0 Å². The van der Waals surface area contributed by atoms with Crippen molar-refractivity contribution >= 4 is 18.3 Å². The van der Waals surface area contributed by atoms with Crippen LogP contribution in [0.4, 0.5) is 5.69 Å². The molecule has 2 N–H and O–H groups in total. The molecule has 0 amide bonds. The first-order valence-corrected chi connectivity index (χ1v) is 9.02. The fraction of sp³-hybridized carbons (Fsp3) is 0.429. The molecule has 0 aliphatic carbocycles. The summed E-state index contributed by atoms with van der Waals surface area (Å²) in [5.74, 6) is 0. The van der Waals surface area contributed by atoms with E-state index in [9.17, 15) is 0 Å². The van der Waals surface area contributed by atoms with Gasteiger partial charge in [0.2, 0.25) is 0 Å². The minimum absolute atomic E-state index is 0.333. The summed E-state index contributed by atoms with van der Waals surface area (Å²) in [5, 5.41) is 0. The van der Waals surface area contributed by atoms with Gasteiger partial charge in [0.05, 0.1) is 11.2 Å². The van der Waals surface area contributed by atoms with Crippen LogP contribution >= 0.6 is 0 Å². The quantitative estimate of drug-likeness (QED) is 0.644. The molecule has 0 radical (unpaired) electrons. The Morgan fingerprint density at radius 2 is 1.48 bits per heavy atom. The molecular formula is C21H30BNO2. The molecular weight excluding hydrogens is 309 g/mol. The molecule has 0 saturated carbocycles. The van der Waals surface area contributed by atoms with Gasteiger partial charge in [0, 0.05) is 5.69 Å². The Balaban J connectivity index is 0.00000109. The van der Waals surface area contributed by atoms with E-state index in [1.165, 1.54) is 5.56 Å². The average molecular weight is 339 g/mol. The average Bonchev–Trinajstić information content (AvgIpc) is 2.80. The Labute approximate surface area is 152 Å². The number of anilines is 1. The van der Waals surface area contributed by atoms with E-state index < -0.39 is 0 Å². The number of hydrogen-bond donors (Lipinski definition) is 1. The number of aryl methyl sites for hydroxylation is 1. The van der Waals surface area contributed by atoms with Crippen molar-refractivity contribution in [3.63, 3.8) is 0 Å². The molecule has 1 aliphatic heterocycles. The molecule has 2 aromatic rings. The third-order valence-electron chi connectivity index (χ3n) is 4.98. The van der Waals surface area contributed by atoms with Crippen LogP contribution in [0.15, 0.2) is 42.5 Å². The second-order valence-corrected chi connectivity index (χ2v) is 7.29. The van der Waals surface area contributed by atoms with Gasteiger partial charge in [-0.25, -0.2) is 0 Å². The lowest BCUT2D eigenvalue weighted by atomic mass is 9.77. The van der Waals surface area contributed by atoms with Crippen LogP contribution < -0.4 is 11.2 Å². The van der Waals surface area contributed by atoms with Crippen molar-refractivity contribution in [3.05, 3.63) is 48.0 Å². The fourth-order valence-electron chi connectivity index (χ4n) is 2.78. The van der Waals surface area contributed by atoms with Gasteiger partial charge in [-0.05, 0) is 68.9 Å². The molecule has 0 bridgehead atoms. The van der Waals surface area contributed by atoms with Crippen molar-refractivity contribution in [1.29, 1.82) is 0 Å². The molecule has 134 valence electrons. The predicted octanol–water partition coefficient (Wildman–Crippen LogP) is 4.57. The molecule has 2 aromatic carbocycles. The van der Waals surface area contributed by atoms with Crippen molar-refractivity contribution in [2.75, 3.05) is 5.73 Å². The van der Waals surface area contributed by atoms with E-state index in [0.717, 1.165) is 22.3 Å². The van der Waals surface area contributed by atoms with Crippen LogP contribution in [-0.4, -0.2) is 18.3 Å². The van der Waals surface area contributed by atoms with Gasteiger partial charge in [-0.15, -0.1) is 0 Å². The molecule has 1 fully saturated rings. The molecule has 0 atom stereocenters. The Hall–Kier alpha value is -1.78. The third kappa shape index (κ3) is 3.91. The van der Waals surface area contributed by atoms with E-state index in [1.54, 1.807) is 0 Å². The highest BCUT2D eigenvalue weighted by atomic mass is 16.7. The van der Waals surface area contributed by atoms with Gasteiger partial charge in [-0.3, -0.25) is 0 Å². The largest absolute Gasteiger partial charge is 0.494 e. The summed E-state index contributed by atoms with van der Waals surface area (Å²) in [6.45, 7) is 14.4. The highest BCUT2D eigenvalue weighted by Gasteiger charge is 2.51. The summed E-state index contributed by atoms with van der Waals surface area (Å²) in [5.41, 5.74) is 10.6. The lowest BCUT2D eigenvalue weighted by Gasteiger charge is -2.32. The third-order valence-corrected chi connectivity index (χ3v) is 4.98. The molecule has 1 aliphatic rings. The summed E-state index contributed by atoms with van der Waals surface area (Å²) in [6, 6.07) is 14.3. The summed E-state index contributed by atoms with van der Waals surface area (Å²) >= 11 is 0. The Kier molecular flexibility index (Phi) is 5.65. The predicted molar refractivity (Wildman–Crippen MR) is 108 cm³/mol. The molecule has 0 unspecified atom stereocenters. The first-order valence-electron chi connectivity index (χ1n) is 9.02. The second-order valence-electron chi connectivity index (χ2n) is 7.29. The zero-order chi connectivity index (χ0) is 18.8. The van der Waals surface area contributed by atoms with Crippen molar-refractivity contribution in [2.24, 2.45) is 0 Å². The molecule has 1 saturated heterocycles. The van der Waals surface area contributed by atoms with E-state index in [1.807, 2.05) is 44.2 Å². The number of nitrogens with two attached hydrogens (primary N) is 1. The van der Waals surface area contributed by atoms with Crippen LogP contribution in [0.25, 0.3) is 11.1 Å². The van der Waals surface area contributed by atoms with Crippen LogP contribution in [0.5, 0.6) is 0 Å². The van der Waals surface area contributed by atoms with E-state index >= 15 is 0 Å². The Morgan fingerprint density at radius 3 is 2.08 bits per heavy atom. The van der Waals surface area contributed by atoms with Crippen LogP contribution in [0, 0.1) is 6.92 Å². The zero-order valence-corrected chi connectivity index (χ0v) is 16.5. The maximum Gasteiger partial charge on any atom is 0.494 e. The van der Waals surface area contributed by atoms with E-state index in [-0.39, 0.29) is 18.3 Å². The smallest absolute Gasteiger partial charge is 0.399 e. The standard InChI is InChI=1S/C19H24BNO2.C2H6/c1-13-9-10-16(21)12-17(13)14-7-6-8-15(11-14)20-22-18(2,3)19(4,5)23-20;1-2/h6-12H,21H2,1-5H3;1-2H3. The highest BCUT2D eigenvalue weighted by molar-refractivity contribution is 6.62. The summed E-state index contributed by atoms with van der Waals surface area (Å²) < 4.78 is 12.3. The first-order chi connectivity index (χ1) is 11.7. The SMILES string of the molecule is CC.Cc1ccc(N)cc1-c1cccc(B2OC(C)(C)C(C)(C)O2)c1. The number of nitrogen functional groups attached to an aromatic ring is 1. The monoisotopic (exact) mass is 339 g/mol. The van der Waals surface area contributed by atoms with Crippen molar-refractivity contribution in [3.8, 4) is 11.1 Å². The van der Waals surface area contributed by atoms with Crippen molar-refractivity contribution in [2.45, 2.75) is 59.7 Å². The van der Waals surface area contributed by atoms with Crippen LogP contribution in [0.1, 0.15) is 47.1 Å². The Bertz CT molecular complexity index is 724. The number of benzene rings is 2. The minimum atomic E-state index is -0.346.